The zero-order valence-electron chi connectivity index (χ0n) is 22.4. The summed E-state index contributed by atoms with van der Waals surface area (Å²) < 4.78 is 0. The first-order chi connectivity index (χ1) is 19.4. The maximum absolute atomic E-state index is 11.1. The molecule has 0 heterocycles. The Bertz CT molecular complexity index is 1960. The fourth-order valence-electron chi connectivity index (χ4n) is 7.37. The van der Waals surface area contributed by atoms with Gasteiger partial charge in [0, 0.05) is 5.02 Å². The SMILES string of the molecule is CC(C)(O)c1cc(Cl)ccc1-c1ccc2c(c1)C1(c3ccccc3-c3ccccc31)c1cccc3cccc-2c13. The topological polar surface area (TPSA) is 20.2 Å². The van der Waals surface area contributed by atoms with Gasteiger partial charge in [-0.15, -0.1) is 0 Å². The monoisotopic (exact) mass is 534 g/mol. The molecule has 0 radical (unpaired) electrons. The van der Waals surface area contributed by atoms with Crippen LogP contribution in [0.1, 0.15) is 41.7 Å². The van der Waals surface area contributed by atoms with Crippen molar-refractivity contribution < 1.29 is 5.11 Å². The average Bonchev–Trinajstić information content (AvgIpc) is 3.26. The van der Waals surface area contributed by atoms with Crippen LogP contribution in [0.15, 0.2) is 121 Å². The number of rotatable bonds is 2. The molecule has 0 aromatic heterocycles. The van der Waals surface area contributed by atoms with Crippen molar-refractivity contribution in [1.82, 2.24) is 0 Å². The highest BCUT2D eigenvalue weighted by Gasteiger charge is 2.50. The third-order valence-electron chi connectivity index (χ3n) is 8.93. The summed E-state index contributed by atoms with van der Waals surface area (Å²) >= 11 is 6.43. The predicted molar refractivity (Wildman–Crippen MR) is 166 cm³/mol. The minimum atomic E-state index is -1.04. The summed E-state index contributed by atoms with van der Waals surface area (Å²) in [6.45, 7) is 3.64. The van der Waals surface area contributed by atoms with Gasteiger partial charge in [0.25, 0.3) is 0 Å². The van der Waals surface area contributed by atoms with Crippen LogP contribution in [0.3, 0.4) is 0 Å². The van der Waals surface area contributed by atoms with Crippen molar-refractivity contribution in [2.75, 3.05) is 0 Å². The summed E-state index contributed by atoms with van der Waals surface area (Å²) in [7, 11) is 0. The zero-order chi connectivity index (χ0) is 27.2. The van der Waals surface area contributed by atoms with E-state index in [9.17, 15) is 5.11 Å². The van der Waals surface area contributed by atoms with E-state index in [1.165, 1.54) is 55.3 Å². The van der Waals surface area contributed by atoms with E-state index >= 15 is 0 Å². The average molecular weight is 535 g/mol. The molecular formula is C38H27ClO. The molecule has 0 bridgehead atoms. The van der Waals surface area contributed by atoms with E-state index in [0.29, 0.717) is 5.02 Å². The summed E-state index contributed by atoms with van der Waals surface area (Å²) in [5, 5.41) is 14.3. The van der Waals surface area contributed by atoms with Crippen molar-refractivity contribution in [1.29, 1.82) is 0 Å². The van der Waals surface area contributed by atoms with E-state index in [4.69, 9.17) is 11.6 Å². The normalized spacial score (nSPS) is 14.2. The van der Waals surface area contributed by atoms with Crippen molar-refractivity contribution in [3.8, 4) is 33.4 Å². The Labute approximate surface area is 239 Å². The Kier molecular flexibility index (Phi) is 4.84. The van der Waals surface area contributed by atoms with Gasteiger partial charge in [0.15, 0.2) is 0 Å². The number of hydrogen-bond donors (Lipinski definition) is 1. The number of halogens is 1. The van der Waals surface area contributed by atoms with E-state index in [1.54, 1.807) is 0 Å². The lowest BCUT2D eigenvalue weighted by molar-refractivity contribution is 0.0792. The molecule has 0 fully saturated rings. The molecule has 0 atom stereocenters. The fraction of sp³-hybridized carbons (Fsp3) is 0.105. The van der Waals surface area contributed by atoms with Crippen LogP contribution in [-0.4, -0.2) is 5.11 Å². The van der Waals surface area contributed by atoms with Crippen molar-refractivity contribution in [2.45, 2.75) is 24.9 Å². The van der Waals surface area contributed by atoms with Gasteiger partial charge in [0.1, 0.15) is 0 Å². The smallest absolute Gasteiger partial charge is 0.0847 e. The second-order valence-corrected chi connectivity index (χ2v) is 12.0. The Balaban J connectivity index is 1.55. The van der Waals surface area contributed by atoms with Crippen molar-refractivity contribution in [2.24, 2.45) is 0 Å². The third-order valence-corrected chi connectivity index (χ3v) is 9.16. The lowest BCUT2D eigenvalue weighted by atomic mass is 9.61. The Morgan fingerprint density at radius 3 is 1.82 bits per heavy atom. The van der Waals surface area contributed by atoms with E-state index in [1.807, 2.05) is 32.0 Å². The fourth-order valence-corrected chi connectivity index (χ4v) is 7.54. The summed E-state index contributed by atoms with van der Waals surface area (Å²) in [6.07, 6.45) is 0. The molecule has 0 saturated heterocycles. The van der Waals surface area contributed by atoms with Crippen LogP contribution in [0.4, 0.5) is 0 Å². The maximum atomic E-state index is 11.1. The molecule has 2 heteroatoms. The van der Waals surface area contributed by atoms with Crippen molar-refractivity contribution in [3.05, 3.63) is 154 Å². The van der Waals surface area contributed by atoms with Gasteiger partial charge >= 0.3 is 0 Å². The van der Waals surface area contributed by atoms with Gasteiger partial charge in [-0.25, -0.2) is 0 Å². The van der Waals surface area contributed by atoms with Crippen LogP contribution in [0.2, 0.25) is 5.02 Å². The molecule has 2 aliphatic carbocycles. The molecule has 0 saturated carbocycles. The minimum absolute atomic E-state index is 0.465. The summed E-state index contributed by atoms with van der Waals surface area (Å²) in [6, 6.07) is 43.9. The van der Waals surface area contributed by atoms with Gasteiger partial charge in [-0.3, -0.25) is 0 Å². The zero-order valence-corrected chi connectivity index (χ0v) is 23.1. The number of aliphatic hydroxyl groups is 1. The molecule has 2 aliphatic rings. The highest BCUT2D eigenvalue weighted by atomic mass is 35.5. The largest absolute Gasteiger partial charge is 0.386 e. The van der Waals surface area contributed by atoms with E-state index in [2.05, 4.69) is 103 Å². The van der Waals surface area contributed by atoms with Crippen LogP contribution < -0.4 is 0 Å². The second kappa shape index (κ2) is 8.17. The molecule has 1 spiro atoms. The molecule has 8 rings (SSSR count). The quantitative estimate of drug-likeness (QED) is 0.234. The molecule has 0 unspecified atom stereocenters. The summed E-state index contributed by atoms with van der Waals surface area (Å²) in [5.41, 5.74) is 11.7. The first kappa shape index (κ1) is 23.7. The lowest BCUT2D eigenvalue weighted by Crippen LogP contribution is -2.31. The van der Waals surface area contributed by atoms with Crippen LogP contribution in [-0.2, 0) is 11.0 Å². The van der Waals surface area contributed by atoms with E-state index in [0.717, 1.165) is 16.7 Å². The molecule has 1 nitrogen and oxygen atoms in total. The molecule has 0 aliphatic heterocycles. The van der Waals surface area contributed by atoms with Gasteiger partial charge in [-0.2, -0.15) is 0 Å². The van der Waals surface area contributed by atoms with Crippen LogP contribution in [0.5, 0.6) is 0 Å². The number of benzene rings is 6. The Morgan fingerprint density at radius 2 is 1.12 bits per heavy atom. The van der Waals surface area contributed by atoms with Gasteiger partial charge < -0.3 is 5.11 Å². The molecule has 6 aromatic rings. The second-order valence-electron chi connectivity index (χ2n) is 11.6. The van der Waals surface area contributed by atoms with E-state index in [-0.39, 0.29) is 0 Å². The predicted octanol–water partition coefficient (Wildman–Crippen LogP) is 9.73. The van der Waals surface area contributed by atoms with Gasteiger partial charge in [0.05, 0.1) is 11.0 Å². The van der Waals surface area contributed by atoms with Gasteiger partial charge in [-0.05, 0) is 104 Å². The van der Waals surface area contributed by atoms with Crippen LogP contribution >= 0.6 is 11.6 Å². The molecule has 1 N–H and O–H groups in total. The third kappa shape index (κ3) is 3.02. The van der Waals surface area contributed by atoms with Crippen molar-refractivity contribution >= 4 is 22.4 Å². The Morgan fingerprint density at radius 1 is 0.550 bits per heavy atom. The highest BCUT2D eigenvalue weighted by Crippen LogP contribution is 2.62. The molecular weight excluding hydrogens is 508 g/mol. The van der Waals surface area contributed by atoms with Crippen LogP contribution in [0, 0.1) is 0 Å². The van der Waals surface area contributed by atoms with Gasteiger partial charge in [-0.1, -0.05) is 115 Å². The first-order valence-corrected chi connectivity index (χ1v) is 14.2. The van der Waals surface area contributed by atoms with E-state index < -0.39 is 11.0 Å². The first-order valence-electron chi connectivity index (χ1n) is 13.8. The van der Waals surface area contributed by atoms with Crippen molar-refractivity contribution in [3.63, 3.8) is 0 Å². The number of fused-ring (bicyclic) bond motifs is 9. The molecule has 192 valence electrons. The Hall–Kier alpha value is -4.17. The summed E-state index contributed by atoms with van der Waals surface area (Å²) in [5.74, 6) is 0. The lowest BCUT2D eigenvalue weighted by Gasteiger charge is -2.40. The van der Waals surface area contributed by atoms with Crippen LogP contribution in [0.25, 0.3) is 44.2 Å². The number of hydrogen-bond acceptors (Lipinski definition) is 1. The standard InChI is InChI=1S/C38H27ClO/c1-37(2,40)34-22-25(39)18-20-26(34)24-17-19-29-30-13-7-9-23-10-8-16-33(36(23)30)38(35(29)21-24)31-14-5-3-11-27(31)28-12-4-6-15-32(28)38/h3-22,40H,1-2H3. The van der Waals surface area contributed by atoms with Gasteiger partial charge in [0.2, 0.25) is 0 Å². The highest BCUT2D eigenvalue weighted by molar-refractivity contribution is 6.30. The molecule has 40 heavy (non-hydrogen) atoms. The summed E-state index contributed by atoms with van der Waals surface area (Å²) in [4.78, 5) is 0. The maximum Gasteiger partial charge on any atom is 0.0847 e. The molecule has 6 aromatic carbocycles. The minimum Gasteiger partial charge on any atom is -0.386 e. The molecule has 0 amide bonds.